The van der Waals surface area contributed by atoms with Crippen molar-refractivity contribution < 1.29 is 9.59 Å². The number of anilines is 1. The second kappa shape index (κ2) is 6.73. The van der Waals surface area contributed by atoms with Crippen LogP contribution in [0, 0.1) is 13.8 Å². The van der Waals surface area contributed by atoms with Crippen LogP contribution in [0.5, 0.6) is 0 Å². The molecule has 1 saturated heterocycles. The second-order valence-corrected chi connectivity index (χ2v) is 7.26. The van der Waals surface area contributed by atoms with Gasteiger partial charge in [-0.1, -0.05) is 30.3 Å². The molecule has 2 amide bonds. The number of carbonyl (C=O) groups is 2. The zero-order valence-corrected chi connectivity index (χ0v) is 16.6. The van der Waals surface area contributed by atoms with Gasteiger partial charge in [0.05, 0.1) is 5.69 Å². The standard InChI is InChI=1S/C22H19N3O2S/c1-13-7-6-8-15(11-13)25-21(27)18(20(26)23-22(25)28)12-17-14(2)24(3)19-10-5-4-9-16(17)19/h4-12H,1-3H3,(H,23,26,28). The van der Waals surface area contributed by atoms with Crippen LogP contribution in [0.2, 0.25) is 0 Å². The minimum Gasteiger partial charge on any atom is -0.347 e. The largest absolute Gasteiger partial charge is 0.347 e. The van der Waals surface area contributed by atoms with Gasteiger partial charge in [0.2, 0.25) is 0 Å². The van der Waals surface area contributed by atoms with Crippen molar-refractivity contribution in [3.8, 4) is 0 Å². The number of fused-ring (bicyclic) bond motifs is 1. The van der Waals surface area contributed by atoms with Crippen LogP contribution in [-0.4, -0.2) is 21.5 Å². The molecule has 140 valence electrons. The van der Waals surface area contributed by atoms with Crippen molar-refractivity contribution in [2.75, 3.05) is 4.90 Å². The number of aromatic nitrogens is 1. The number of nitrogens with one attached hydrogen (secondary N) is 1. The predicted octanol–water partition coefficient (Wildman–Crippen LogP) is 3.63. The van der Waals surface area contributed by atoms with E-state index >= 15 is 0 Å². The molecular formula is C22H19N3O2S. The van der Waals surface area contributed by atoms with E-state index in [1.54, 1.807) is 12.1 Å². The van der Waals surface area contributed by atoms with Crippen LogP contribution in [-0.2, 0) is 16.6 Å². The minimum atomic E-state index is -0.480. The van der Waals surface area contributed by atoms with Crippen molar-refractivity contribution >= 4 is 51.8 Å². The monoisotopic (exact) mass is 389 g/mol. The van der Waals surface area contributed by atoms with Crippen molar-refractivity contribution in [2.24, 2.45) is 7.05 Å². The number of aryl methyl sites for hydroxylation is 2. The van der Waals surface area contributed by atoms with E-state index in [1.807, 2.05) is 63.4 Å². The summed E-state index contributed by atoms with van der Waals surface area (Å²) >= 11 is 5.27. The number of benzene rings is 2. The average Bonchev–Trinajstić information content (AvgIpc) is 2.90. The highest BCUT2D eigenvalue weighted by atomic mass is 32.1. The van der Waals surface area contributed by atoms with Gasteiger partial charge in [-0.15, -0.1) is 0 Å². The minimum absolute atomic E-state index is 0.0644. The maximum absolute atomic E-state index is 13.2. The van der Waals surface area contributed by atoms with E-state index in [0.717, 1.165) is 27.7 Å². The van der Waals surface area contributed by atoms with Gasteiger partial charge in [-0.05, 0) is 55.9 Å². The molecule has 1 aliphatic rings. The summed E-state index contributed by atoms with van der Waals surface area (Å²) in [5.41, 5.74) is 4.57. The summed E-state index contributed by atoms with van der Waals surface area (Å²) < 4.78 is 2.05. The fraction of sp³-hybridized carbons (Fsp3) is 0.136. The Bertz CT molecular complexity index is 1190. The van der Waals surface area contributed by atoms with Gasteiger partial charge in [-0.2, -0.15) is 0 Å². The molecule has 6 heteroatoms. The predicted molar refractivity (Wildman–Crippen MR) is 115 cm³/mol. The Morgan fingerprint density at radius 2 is 1.79 bits per heavy atom. The first-order chi connectivity index (χ1) is 13.4. The average molecular weight is 389 g/mol. The highest BCUT2D eigenvalue weighted by Gasteiger charge is 2.34. The summed E-state index contributed by atoms with van der Waals surface area (Å²) in [4.78, 5) is 27.2. The number of nitrogens with zero attached hydrogens (tertiary/aromatic N) is 2. The highest BCUT2D eigenvalue weighted by molar-refractivity contribution is 7.80. The maximum Gasteiger partial charge on any atom is 0.270 e. The number of carbonyl (C=O) groups excluding carboxylic acids is 2. The Morgan fingerprint density at radius 1 is 1.04 bits per heavy atom. The molecule has 2 heterocycles. The lowest BCUT2D eigenvalue weighted by atomic mass is 10.0. The van der Waals surface area contributed by atoms with E-state index in [-0.39, 0.29) is 10.7 Å². The van der Waals surface area contributed by atoms with E-state index in [2.05, 4.69) is 9.88 Å². The van der Waals surface area contributed by atoms with Gasteiger partial charge < -0.3 is 4.57 Å². The van der Waals surface area contributed by atoms with Crippen LogP contribution in [0.1, 0.15) is 16.8 Å². The van der Waals surface area contributed by atoms with Gasteiger partial charge in [0.15, 0.2) is 5.11 Å². The highest BCUT2D eigenvalue weighted by Crippen LogP contribution is 2.29. The van der Waals surface area contributed by atoms with Crippen molar-refractivity contribution in [3.63, 3.8) is 0 Å². The SMILES string of the molecule is Cc1cccc(N2C(=O)C(=Cc3c(C)n(C)c4ccccc34)C(=O)NC2=S)c1. The van der Waals surface area contributed by atoms with Crippen molar-refractivity contribution in [2.45, 2.75) is 13.8 Å². The maximum atomic E-state index is 13.2. The smallest absolute Gasteiger partial charge is 0.270 e. The normalized spacial score (nSPS) is 16.2. The Balaban J connectivity index is 1.86. The van der Waals surface area contributed by atoms with Crippen molar-refractivity contribution in [3.05, 3.63) is 70.9 Å². The molecule has 0 spiro atoms. The van der Waals surface area contributed by atoms with E-state index in [0.29, 0.717) is 5.69 Å². The number of hydrogen-bond acceptors (Lipinski definition) is 3. The molecule has 0 radical (unpaired) electrons. The van der Waals surface area contributed by atoms with Crippen LogP contribution >= 0.6 is 12.2 Å². The van der Waals surface area contributed by atoms with E-state index in [1.165, 1.54) is 4.90 Å². The number of rotatable bonds is 2. The first-order valence-corrected chi connectivity index (χ1v) is 9.31. The zero-order chi connectivity index (χ0) is 20.0. The second-order valence-electron chi connectivity index (χ2n) is 6.87. The Kier molecular flexibility index (Phi) is 4.35. The third-order valence-electron chi connectivity index (χ3n) is 5.10. The van der Waals surface area contributed by atoms with Crippen LogP contribution in [0.25, 0.3) is 17.0 Å². The third kappa shape index (κ3) is 2.82. The molecule has 1 N–H and O–H groups in total. The molecular weight excluding hydrogens is 370 g/mol. The molecule has 1 fully saturated rings. The number of para-hydroxylation sites is 1. The molecule has 5 nitrogen and oxygen atoms in total. The molecule has 28 heavy (non-hydrogen) atoms. The molecule has 0 atom stereocenters. The van der Waals surface area contributed by atoms with Crippen molar-refractivity contribution in [1.82, 2.24) is 9.88 Å². The molecule has 4 rings (SSSR count). The molecule has 0 saturated carbocycles. The van der Waals surface area contributed by atoms with Crippen molar-refractivity contribution in [1.29, 1.82) is 0 Å². The lowest BCUT2D eigenvalue weighted by Crippen LogP contribution is -2.54. The Hall–Kier alpha value is -3.25. The zero-order valence-electron chi connectivity index (χ0n) is 15.8. The Morgan fingerprint density at radius 3 is 2.54 bits per heavy atom. The molecule has 0 aliphatic carbocycles. The quantitative estimate of drug-likeness (QED) is 0.414. The number of amides is 2. The molecule has 1 aliphatic heterocycles. The van der Waals surface area contributed by atoms with Crippen LogP contribution in [0.15, 0.2) is 54.1 Å². The van der Waals surface area contributed by atoms with Gasteiger partial charge >= 0.3 is 0 Å². The summed E-state index contributed by atoms with van der Waals surface area (Å²) in [5.74, 6) is -0.905. The molecule has 3 aromatic rings. The fourth-order valence-corrected chi connectivity index (χ4v) is 3.82. The van der Waals surface area contributed by atoms with E-state index in [9.17, 15) is 9.59 Å². The first kappa shape index (κ1) is 18.1. The lowest BCUT2D eigenvalue weighted by Gasteiger charge is -2.29. The van der Waals surface area contributed by atoms with Gasteiger partial charge in [0.1, 0.15) is 5.57 Å². The van der Waals surface area contributed by atoms with Crippen LogP contribution < -0.4 is 10.2 Å². The van der Waals surface area contributed by atoms with E-state index in [4.69, 9.17) is 12.2 Å². The summed E-state index contributed by atoms with van der Waals surface area (Å²) in [6.07, 6.45) is 1.67. The topological polar surface area (TPSA) is 54.3 Å². The van der Waals surface area contributed by atoms with Crippen LogP contribution in [0.4, 0.5) is 5.69 Å². The van der Waals surface area contributed by atoms with E-state index < -0.39 is 11.8 Å². The Labute approximate surface area is 168 Å². The lowest BCUT2D eigenvalue weighted by molar-refractivity contribution is -0.122. The van der Waals surface area contributed by atoms with Gasteiger partial charge in [-0.25, -0.2) is 0 Å². The number of hydrogen-bond donors (Lipinski definition) is 1. The summed E-state index contributed by atoms with van der Waals surface area (Å²) in [7, 11) is 1.97. The van der Waals surface area contributed by atoms with Gasteiger partial charge in [0, 0.05) is 29.2 Å². The molecule has 1 aromatic heterocycles. The molecule has 2 aromatic carbocycles. The van der Waals surface area contributed by atoms with Crippen LogP contribution in [0.3, 0.4) is 0 Å². The molecule has 0 bridgehead atoms. The first-order valence-electron chi connectivity index (χ1n) is 8.90. The van der Waals surface area contributed by atoms with Gasteiger partial charge in [-0.3, -0.25) is 19.8 Å². The van der Waals surface area contributed by atoms with Gasteiger partial charge in [0.25, 0.3) is 11.8 Å². The summed E-state index contributed by atoms with van der Waals surface area (Å²) in [5, 5.41) is 3.73. The number of thiocarbonyl (C=S) groups is 1. The summed E-state index contributed by atoms with van der Waals surface area (Å²) in [6, 6.07) is 15.4. The fourth-order valence-electron chi connectivity index (χ4n) is 3.54. The molecule has 0 unspecified atom stereocenters. The third-order valence-corrected chi connectivity index (χ3v) is 5.38. The summed E-state index contributed by atoms with van der Waals surface area (Å²) in [6.45, 7) is 3.91.